The first kappa shape index (κ1) is 12.0. The fourth-order valence-electron chi connectivity index (χ4n) is 2.85. The summed E-state index contributed by atoms with van der Waals surface area (Å²) < 4.78 is 3.70. The lowest BCUT2D eigenvalue weighted by Crippen LogP contribution is -2.20. The van der Waals surface area contributed by atoms with Crippen molar-refractivity contribution in [3.05, 3.63) is 77.2 Å². The molecule has 0 atom stereocenters. The summed E-state index contributed by atoms with van der Waals surface area (Å²) in [5.41, 5.74) is 3.74. The van der Waals surface area contributed by atoms with Gasteiger partial charge < -0.3 is 8.97 Å². The second kappa shape index (κ2) is 4.35. The molecule has 3 heteroatoms. The molecular formula is C18H14N2O. The Morgan fingerprint density at radius 3 is 2.38 bits per heavy atom. The van der Waals surface area contributed by atoms with Crippen LogP contribution in [0.2, 0.25) is 0 Å². The maximum absolute atomic E-state index is 12.6. The smallest absolute Gasteiger partial charge is 0.275 e. The zero-order valence-corrected chi connectivity index (χ0v) is 11.7. The Morgan fingerprint density at radius 1 is 0.857 bits per heavy atom. The molecule has 0 aliphatic carbocycles. The van der Waals surface area contributed by atoms with Gasteiger partial charge in [0.15, 0.2) is 0 Å². The van der Waals surface area contributed by atoms with Crippen LogP contribution in [0.3, 0.4) is 0 Å². The van der Waals surface area contributed by atoms with Gasteiger partial charge in [0.1, 0.15) is 5.52 Å². The second-order valence-corrected chi connectivity index (χ2v) is 5.20. The van der Waals surface area contributed by atoms with Crippen molar-refractivity contribution in [1.29, 1.82) is 0 Å². The van der Waals surface area contributed by atoms with Crippen molar-refractivity contribution in [3.8, 4) is 11.3 Å². The summed E-state index contributed by atoms with van der Waals surface area (Å²) in [6.07, 6.45) is 2.04. The number of fused-ring (bicyclic) bond motifs is 3. The van der Waals surface area contributed by atoms with Gasteiger partial charge in [0.05, 0.1) is 11.2 Å². The Hall–Kier alpha value is -2.81. The Morgan fingerprint density at radius 2 is 1.57 bits per heavy atom. The standard InChI is InChI=1S/C18H14N2O/c1-19-17(13-7-3-2-4-8-13)12-20-15-10-6-5-9-14(15)11-16(20)18(19)21/h2-12H,1H3. The molecular weight excluding hydrogens is 260 g/mol. The number of benzene rings is 2. The molecule has 0 aliphatic rings. The van der Waals surface area contributed by atoms with Crippen molar-refractivity contribution in [2.45, 2.75) is 0 Å². The van der Waals surface area contributed by atoms with Gasteiger partial charge in [-0.1, -0.05) is 48.5 Å². The van der Waals surface area contributed by atoms with Gasteiger partial charge in [-0.3, -0.25) is 4.79 Å². The number of aromatic nitrogens is 2. The van der Waals surface area contributed by atoms with Crippen LogP contribution in [0.25, 0.3) is 27.7 Å². The van der Waals surface area contributed by atoms with E-state index in [4.69, 9.17) is 0 Å². The monoisotopic (exact) mass is 274 g/mol. The predicted octanol–water partition coefficient (Wildman–Crippen LogP) is 3.46. The molecule has 0 amide bonds. The first-order chi connectivity index (χ1) is 10.3. The van der Waals surface area contributed by atoms with Gasteiger partial charge in [-0.2, -0.15) is 0 Å². The largest absolute Gasteiger partial charge is 0.310 e. The summed E-state index contributed by atoms with van der Waals surface area (Å²) in [4.78, 5) is 12.6. The van der Waals surface area contributed by atoms with Crippen molar-refractivity contribution >= 4 is 16.4 Å². The van der Waals surface area contributed by atoms with Crippen molar-refractivity contribution in [3.63, 3.8) is 0 Å². The molecule has 21 heavy (non-hydrogen) atoms. The van der Waals surface area contributed by atoms with Crippen LogP contribution < -0.4 is 5.56 Å². The summed E-state index contributed by atoms with van der Waals surface area (Å²) in [5.74, 6) is 0. The van der Waals surface area contributed by atoms with Gasteiger partial charge in [-0.05, 0) is 17.7 Å². The Bertz CT molecular complexity index is 1010. The Kier molecular flexibility index (Phi) is 2.48. The van der Waals surface area contributed by atoms with Crippen LogP contribution in [0, 0.1) is 0 Å². The molecule has 4 rings (SSSR count). The predicted molar refractivity (Wildman–Crippen MR) is 85.6 cm³/mol. The number of hydrogen-bond donors (Lipinski definition) is 0. The summed E-state index contributed by atoms with van der Waals surface area (Å²) in [6, 6.07) is 20.0. The third kappa shape index (κ3) is 1.71. The Balaban J connectivity index is 2.17. The molecule has 3 nitrogen and oxygen atoms in total. The molecule has 0 fully saturated rings. The van der Waals surface area contributed by atoms with Gasteiger partial charge in [0, 0.05) is 18.6 Å². The summed E-state index contributed by atoms with van der Waals surface area (Å²) >= 11 is 0. The molecule has 2 heterocycles. The van der Waals surface area contributed by atoms with Crippen LogP contribution >= 0.6 is 0 Å². The number of para-hydroxylation sites is 1. The van der Waals surface area contributed by atoms with Gasteiger partial charge >= 0.3 is 0 Å². The van der Waals surface area contributed by atoms with Crippen LogP contribution in [-0.2, 0) is 7.05 Å². The second-order valence-electron chi connectivity index (χ2n) is 5.20. The van der Waals surface area contributed by atoms with Crippen LogP contribution in [0.4, 0.5) is 0 Å². The van der Waals surface area contributed by atoms with Crippen LogP contribution in [0.1, 0.15) is 0 Å². The minimum Gasteiger partial charge on any atom is -0.310 e. The summed E-state index contributed by atoms with van der Waals surface area (Å²) in [6.45, 7) is 0. The molecule has 0 bridgehead atoms. The van der Waals surface area contributed by atoms with Crippen molar-refractivity contribution < 1.29 is 0 Å². The molecule has 2 aromatic carbocycles. The molecule has 0 N–H and O–H groups in total. The fourth-order valence-corrected chi connectivity index (χ4v) is 2.85. The number of nitrogens with zero attached hydrogens (tertiary/aromatic N) is 2. The number of hydrogen-bond acceptors (Lipinski definition) is 1. The van der Waals surface area contributed by atoms with E-state index >= 15 is 0 Å². The van der Waals surface area contributed by atoms with E-state index in [9.17, 15) is 4.79 Å². The van der Waals surface area contributed by atoms with E-state index in [1.54, 1.807) is 4.57 Å². The lowest BCUT2D eigenvalue weighted by atomic mass is 10.1. The highest BCUT2D eigenvalue weighted by molar-refractivity contribution is 5.87. The lowest BCUT2D eigenvalue weighted by Gasteiger charge is -2.10. The minimum absolute atomic E-state index is 0.0209. The highest BCUT2D eigenvalue weighted by Gasteiger charge is 2.11. The molecule has 0 radical (unpaired) electrons. The molecule has 102 valence electrons. The zero-order valence-electron chi connectivity index (χ0n) is 11.7. The average Bonchev–Trinajstić information content (AvgIpc) is 2.90. The maximum atomic E-state index is 12.6. The lowest BCUT2D eigenvalue weighted by molar-refractivity contribution is 0.860. The van der Waals surface area contributed by atoms with Gasteiger partial charge in [-0.15, -0.1) is 0 Å². The van der Waals surface area contributed by atoms with Crippen molar-refractivity contribution in [2.24, 2.45) is 7.05 Å². The maximum Gasteiger partial charge on any atom is 0.275 e. The third-order valence-corrected chi connectivity index (χ3v) is 3.95. The molecule has 0 saturated carbocycles. The summed E-state index contributed by atoms with van der Waals surface area (Å²) in [7, 11) is 1.82. The molecule has 0 spiro atoms. The van der Waals surface area contributed by atoms with E-state index in [0.717, 1.165) is 22.2 Å². The normalized spacial score (nSPS) is 11.3. The molecule has 0 aliphatic heterocycles. The van der Waals surface area contributed by atoms with Gasteiger partial charge in [0.25, 0.3) is 5.56 Å². The molecule has 4 aromatic rings. The van der Waals surface area contributed by atoms with Gasteiger partial charge in [-0.25, -0.2) is 0 Å². The first-order valence-electron chi connectivity index (χ1n) is 6.91. The molecule has 0 saturated heterocycles. The van der Waals surface area contributed by atoms with Gasteiger partial charge in [0.2, 0.25) is 0 Å². The molecule has 2 aromatic heterocycles. The quantitative estimate of drug-likeness (QED) is 0.522. The van der Waals surface area contributed by atoms with E-state index in [-0.39, 0.29) is 5.56 Å². The van der Waals surface area contributed by atoms with Crippen LogP contribution in [0.15, 0.2) is 71.7 Å². The van der Waals surface area contributed by atoms with Crippen LogP contribution in [-0.4, -0.2) is 8.97 Å². The zero-order chi connectivity index (χ0) is 14.4. The summed E-state index contributed by atoms with van der Waals surface area (Å²) in [5, 5.41) is 1.08. The van der Waals surface area contributed by atoms with E-state index in [0.29, 0.717) is 5.52 Å². The average molecular weight is 274 g/mol. The highest BCUT2D eigenvalue weighted by Crippen LogP contribution is 2.22. The topological polar surface area (TPSA) is 26.4 Å². The first-order valence-corrected chi connectivity index (χ1v) is 6.91. The molecule has 0 unspecified atom stereocenters. The Labute approximate surface area is 121 Å². The van der Waals surface area contributed by atoms with Crippen LogP contribution in [0.5, 0.6) is 0 Å². The number of rotatable bonds is 1. The highest BCUT2D eigenvalue weighted by atomic mass is 16.1. The van der Waals surface area contributed by atoms with Crippen molar-refractivity contribution in [2.75, 3.05) is 0 Å². The van der Waals surface area contributed by atoms with E-state index in [1.165, 1.54) is 0 Å². The van der Waals surface area contributed by atoms with E-state index in [2.05, 4.69) is 0 Å². The van der Waals surface area contributed by atoms with Crippen molar-refractivity contribution in [1.82, 2.24) is 8.97 Å². The third-order valence-electron chi connectivity index (χ3n) is 3.95. The van der Waals surface area contributed by atoms with E-state index in [1.807, 2.05) is 78.3 Å². The van der Waals surface area contributed by atoms with E-state index < -0.39 is 0 Å². The fraction of sp³-hybridized carbons (Fsp3) is 0.0556. The minimum atomic E-state index is 0.0209. The SMILES string of the molecule is Cn1c(-c2ccccc2)cn2c(cc3ccccc32)c1=O.